The molecule has 2 aliphatic rings. The Morgan fingerprint density at radius 3 is 2.91 bits per heavy atom. The summed E-state index contributed by atoms with van der Waals surface area (Å²) in [5.41, 5.74) is 6.16. The zero-order valence-corrected chi connectivity index (χ0v) is 14.5. The minimum absolute atomic E-state index is 0.130. The van der Waals surface area contributed by atoms with Crippen LogP contribution in [0.5, 0.6) is 0 Å². The first-order chi connectivity index (χ1) is 10.9. The van der Waals surface area contributed by atoms with E-state index < -0.39 is 5.25 Å². The quantitative estimate of drug-likeness (QED) is 0.758. The van der Waals surface area contributed by atoms with Crippen molar-refractivity contribution < 1.29 is 9.59 Å². The minimum atomic E-state index is -0.440. The summed E-state index contributed by atoms with van der Waals surface area (Å²) in [4.78, 5) is 25.5. The highest BCUT2D eigenvalue weighted by atomic mass is 35.5. The van der Waals surface area contributed by atoms with Crippen LogP contribution in [0.2, 0.25) is 5.02 Å². The average Bonchev–Trinajstić information content (AvgIpc) is 3.33. The smallest absolute Gasteiger partial charge is 0.238 e. The van der Waals surface area contributed by atoms with Gasteiger partial charge in [0.1, 0.15) is 0 Å². The summed E-state index contributed by atoms with van der Waals surface area (Å²) in [6.45, 7) is 2.39. The van der Waals surface area contributed by atoms with E-state index in [0.717, 1.165) is 17.7 Å². The zero-order valence-electron chi connectivity index (χ0n) is 12.9. The minimum Gasteiger partial charge on any atom is -0.349 e. The van der Waals surface area contributed by atoms with Crippen LogP contribution in [0.15, 0.2) is 23.1 Å². The van der Waals surface area contributed by atoms with Crippen molar-refractivity contribution in [1.29, 1.82) is 0 Å². The number of rotatable bonds is 5. The topological polar surface area (TPSA) is 84.2 Å². The number of fused-ring (bicyclic) bond motifs is 1. The van der Waals surface area contributed by atoms with E-state index in [-0.39, 0.29) is 23.8 Å². The molecule has 0 bridgehead atoms. The molecule has 0 saturated heterocycles. The molecule has 3 rings (SSSR count). The summed E-state index contributed by atoms with van der Waals surface area (Å²) >= 11 is 7.33. The van der Waals surface area contributed by atoms with Crippen molar-refractivity contribution in [1.82, 2.24) is 5.32 Å². The van der Waals surface area contributed by atoms with Gasteiger partial charge < -0.3 is 16.4 Å². The second-order valence-corrected chi connectivity index (χ2v) is 8.07. The van der Waals surface area contributed by atoms with Crippen molar-refractivity contribution in [2.75, 3.05) is 11.9 Å². The molecule has 1 aromatic carbocycles. The van der Waals surface area contributed by atoms with Gasteiger partial charge in [-0.25, -0.2) is 0 Å². The van der Waals surface area contributed by atoms with Gasteiger partial charge >= 0.3 is 0 Å². The van der Waals surface area contributed by atoms with E-state index in [0.29, 0.717) is 23.2 Å². The summed E-state index contributed by atoms with van der Waals surface area (Å²) in [6, 6.07) is 5.36. The number of hydrogen-bond donors (Lipinski definition) is 3. The highest BCUT2D eigenvalue weighted by Gasteiger charge is 2.42. The lowest BCUT2D eigenvalue weighted by molar-refractivity contribution is -0.125. The van der Waals surface area contributed by atoms with Gasteiger partial charge in [0.15, 0.2) is 0 Å². The summed E-state index contributed by atoms with van der Waals surface area (Å²) in [6.07, 6.45) is 2.34. The summed E-state index contributed by atoms with van der Waals surface area (Å²) in [5, 5.41) is 5.98. The first-order valence-corrected chi connectivity index (χ1v) is 8.95. The molecule has 4 N–H and O–H groups in total. The molecule has 0 spiro atoms. The molecule has 2 atom stereocenters. The van der Waals surface area contributed by atoms with Crippen LogP contribution in [0.1, 0.15) is 26.2 Å². The molecule has 0 radical (unpaired) electrons. The highest BCUT2D eigenvalue weighted by Crippen LogP contribution is 2.40. The van der Waals surface area contributed by atoms with Crippen LogP contribution < -0.4 is 16.4 Å². The molecular formula is C16H20ClN3O2S. The van der Waals surface area contributed by atoms with E-state index >= 15 is 0 Å². The predicted molar refractivity (Wildman–Crippen MR) is 92.7 cm³/mol. The maximum absolute atomic E-state index is 12.3. The number of thioether (sulfide) groups is 1. The van der Waals surface area contributed by atoms with Crippen molar-refractivity contribution in [2.45, 2.75) is 41.9 Å². The number of hydrogen-bond acceptors (Lipinski definition) is 4. The van der Waals surface area contributed by atoms with Gasteiger partial charge in [-0.3, -0.25) is 9.59 Å². The molecule has 1 fully saturated rings. The van der Waals surface area contributed by atoms with Gasteiger partial charge in [0, 0.05) is 22.9 Å². The Morgan fingerprint density at radius 1 is 1.52 bits per heavy atom. The fraction of sp³-hybridized carbons (Fsp3) is 0.500. The van der Waals surface area contributed by atoms with Crippen LogP contribution in [0.4, 0.5) is 5.69 Å². The van der Waals surface area contributed by atoms with Gasteiger partial charge in [-0.15, -0.1) is 11.8 Å². The third kappa shape index (κ3) is 3.65. The van der Waals surface area contributed by atoms with Crippen molar-refractivity contribution in [3.05, 3.63) is 23.2 Å². The molecule has 124 valence electrons. The van der Waals surface area contributed by atoms with E-state index in [2.05, 4.69) is 10.6 Å². The lowest BCUT2D eigenvalue weighted by Crippen LogP contribution is -2.53. The van der Waals surface area contributed by atoms with E-state index in [1.54, 1.807) is 12.1 Å². The first-order valence-electron chi connectivity index (χ1n) is 7.69. The third-order valence-corrected chi connectivity index (χ3v) is 5.97. The SMILES string of the molecule is CC(CN)(NC(=O)CC1Sc2ccc(Cl)cc2NC1=O)C1CC1. The Hall–Kier alpha value is -1.24. The number of carbonyl (C=O) groups is 2. The molecular weight excluding hydrogens is 334 g/mol. The van der Waals surface area contributed by atoms with Gasteiger partial charge in [-0.2, -0.15) is 0 Å². The molecule has 2 amide bonds. The molecule has 23 heavy (non-hydrogen) atoms. The average molecular weight is 354 g/mol. The fourth-order valence-electron chi connectivity index (χ4n) is 2.84. The Balaban J connectivity index is 1.65. The third-order valence-electron chi connectivity index (χ3n) is 4.46. The van der Waals surface area contributed by atoms with Gasteiger partial charge in [-0.1, -0.05) is 11.6 Å². The maximum Gasteiger partial charge on any atom is 0.238 e. The van der Waals surface area contributed by atoms with Crippen LogP contribution >= 0.6 is 23.4 Å². The molecule has 1 aromatic rings. The standard InChI is InChI=1S/C16H20ClN3O2S/c1-16(8-18,9-2-3-9)20-14(21)7-13-15(22)19-11-6-10(17)4-5-12(11)23-13/h4-6,9,13H,2-3,7-8,18H2,1H3,(H,19,22)(H,20,21). The lowest BCUT2D eigenvalue weighted by Gasteiger charge is -2.31. The Kier molecular flexibility index (Phi) is 4.58. The maximum atomic E-state index is 12.3. The number of anilines is 1. The van der Waals surface area contributed by atoms with Gasteiger partial charge in [-0.05, 0) is 43.9 Å². The van der Waals surface area contributed by atoms with Crippen LogP contribution in [0.25, 0.3) is 0 Å². The van der Waals surface area contributed by atoms with Crippen LogP contribution in [-0.2, 0) is 9.59 Å². The second kappa shape index (κ2) is 6.34. The van der Waals surface area contributed by atoms with Crippen molar-refractivity contribution in [3.63, 3.8) is 0 Å². The zero-order chi connectivity index (χ0) is 16.6. The molecule has 5 nitrogen and oxygen atoms in total. The van der Waals surface area contributed by atoms with Crippen LogP contribution in [-0.4, -0.2) is 29.1 Å². The Bertz CT molecular complexity index is 650. The summed E-state index contributed by atoms with van der Waals surface area (Å²) < 4.78 is 0. The van der Waals surface area contributed by atoms with E-state index in [1.165, 1.54) is 11.8 Å². The van der Waals surface area contributed by atoms with Gasteiger partial charge in [0.2, 0.25) is 11.8 Å². The normalized spacial score (nSPS) is 22.7. The largest absolute Gasteiger partial charge is 0.349 e. The first kappa shape index (κ1) is 16.6. The number of amides is 2. The van der Waals surface area contributed by atoms with Crippen LogP contribution in [0.3, 0.4) is 0 Å². The monoisotopic (exact) mass is 353 g/mol. The van der Waals surface area contributed by atoms with Crippen molar-refractivity contribution in [3.8, 4) is 0 Å². The van der Waals surface area contributed by atoms with Crippen LogP contribution in [0, 0.1) is 5.92 Å². The Morgan fingerprint density at radius 2 is 2.26 bits per heavy atom. The van der Waals surface area contributed by atoms with Gasteiger partial charge in [0.25, 0.3) is 0 Å². The molecule has 7 heteroatoms. The number of halogens is 1. The van der Waals surface area contributed by atoms with Gasteiger partial charge in [0.05, 0.1) is 16.5 Å². The molecule has 1 aliphatic carbocycles. The molecule has 0 aromatic heterocycles. The van der Waals surface area contributed by atoms with Crippen molar-refractivity contribution in [2.24, 2.45) is 11.7 Å². The highest BCUT2D eigenvalue weighted by molar-refractivity contribution is 8.01. The number of carbonyl (C=O) groups excluding carboxylic acids is 2. The lowest BCUT2D eigenvalue weighted by atomic mass is 9.95. The summed E-state index contributed by atoms with van der Waals surface area (Å²) in [5.74, 6) is 0.155. The fourth-order valence-corrected chi connectivity index (χ4v) is 4.10. The second-order valence-electron chi connectivity index (χ2n) is 6.38. The number of nitrogens with two attached hydrogens (primary N) is 1. The summed E-state index contributed by atoms with van der Waals surface area (Å²) in [7, 11) is 0. The number of benzene rings is 1. The van der Waals surface area contributed by atoms with E-state index in [1.807, 2.05) is 13.0 Å². The number of nitrogens with one attached hydrogen (secondary N) is 2. The van der Waals surface area contributed by atoms with E-state index in [4.69, 9.17) is 17.3 Å². The van der Waals surface area contributed by atoms with E-state index in [9.17, 15) is 9.59 Å². The Labute approximate surface area is 144 Å². The molecule has 1 aliphatic heterocycles. The molecule has 1 heterocycles. The molecule has 1 saturated carbocycles. The molecule has 2 unspecified atom stereocenters. The van der Waals surface area contributed by atoms with Crippen molar-refractivity contribution >= 4 is 40.9 Å². The predicted octanol–water partition coefficient (Wildman–Crippen LogP) is 2.39.